The summed E-state index contributed by atoms with van der Waals surface area (Å²) in [6.07, 6.45) is 1.78. The quantitative estimate of drug-likeness (QED) is 0.296. The van der Waals surface area contributed by atoms with Crippen LogP contribution in [0.25, 0.3) is 11.3 Å². The molecule has 1 fully saturated rings. The predicted octanol–water partition coefficient (Wildman–Crippen LogP) is 6.89. The van der Waals surface area contributed by atoms with Crippen molar-refractivity contribution in [3.05, 3.63) is 100 Å². The number of halogens is 2. The van der Waals surface area contributed by atoms with E-state index in [0.29, 0.717) is 20.9 Å². The smallest absolute Gasteiger partial charge is 0.174 e. The first kappa shape index (κ1) is 22.7. The van der Waals surface area contributed by atoms with Gasteiger partial charge in [0.15, 0.2) is 5.11 Å². The topological polar surface area (TPSA) is 44.5 Å². The molecule has 0 saturated carbocycles. The second-order valence-corrected chi connectivity index (χ2v) is 9.46. The molecular formula is C26H22Cl2N4OS. The summed E-state index contributed by atoms with van der Waals surface area (Å²) in [5.41, 5.74) is 3.73. The molecule has 1 saturated heterocycles. The van der Waals surface area contributed by atoms with Crippen LogP contribution in [0.5, 0.6) is 0 Å². The number of pyridine rings is 1. The lowest BCUT2D eigenvalue weighted by Crippen LogP contribution is -2.29. The Morgan fingerprint density at radius 1 is 1.00 bits per heavy atom. The van der Waals surface area contributed by atoms with Crippen LogP contribution in [0.2, 0.25) is 10.0 Å². The van der Waals surface area contributed by atoms with Crippen LogP contribution < -0.4 is 15.1 Å². The summed E-state index contributed by atoms with van der Waals surface area (Å²) in [6.45, 7) is 0. The van der Waals surface area contributed by atoms with Gasteiger partial charge in [-0.05, 0) is 78.9 Å². The van der Waals surface area contributed by atoms with Crippen LogP contribution in [0.3, 0.4) is 0 Å². The van der Waals surface area contributed by atoms with Crippen molar-refractivity contribution in [2.24, 2.45) is 0 Å². The molecule has 1 aliphatic rings. The first-order valence-corrected chi connectivity index (χ1v) is 11.9. The normalized spacial score (nSPS) is 17.6. The predicted molar refractivity (Wildman–Crippen MR) is 143 cm³/mol. The van der Waals surface area contributed by atoms with Crippen LogP contribution in [0, 0.1) is 0 Å². The second-order valence-electron chi connectivity index (χ2n) is 8.23. The van der Waals surface area contributed by atoms with Gasteiger partial charge in [0.25, 0.3) is 0 Å². The number of nitrogens with zero attached hydrogens (tertiary/aromatic N) is 3. The molecule has 0 amide bonds. The summed E-state index contributed by atoms with van der Waals surface area (Å²) in [6, 6.07) is 23.0. The highest BCUT2D eigenvalue weighted by molar-refractivity contribution is 7.80. The SMILES string of the molecule is CN(C)c1ccc(N2C(=S)N[C@H](c3ccccn3)[C@@H]2c2ccc(-c3ccc(Cl)cc3Cl)o2)cc1. The Morgan fingerprint density at radius 2 is 1.79 bits per heavy atom. The highest BCUT2D eigenvalue weighted by Gasteiger charge is 2.42. The zero-order chi connectivity index (χ0) is 23.8. The molecular weight excluding hydrogens is 487 g/mol. The van der Waals surface area contributed by atoms with Gasteiger partial charge in [-0.15, -0.1) is 0 Å². The third kappa shape index (κ3) is 4.25. The summed E-state index contributed by atoms with van der Waals surface area (Å²) in [5.74, 6) is 1.41. The van der Waals surface area contributed by atoms with Gasteiger partial charge in [0.1, 0.15) is 17.6 Å². The number of thiocarbonyl (C=S) groups is 1. The Kier molecular flexibility index (Phi) is 6.21. The molecule has 2 aromatic heterocycles. The van der Waals surface area contributed by atoms with E-state index in [0.717, 1.165) is 28.4 Å². The lowest BCUT2D eigenvalue weighted by atomic mass is 10.0. The fourth-order valence-corrected chi connectivity index (χ4v) is 5.03. The number of nitrogens with one attached hydrogen (secondary N) is 1. The zero-order valence-corrected chi connectivity index (χ0v) is 20.9. The third-order valence-electron chi connectivity index (χ3n) is 5.86. The van der Waals surface area contributed by atoms with E-state index in [1.165, 1.54) is 0 Å². The molecule has 0 bridgehead atoms. The Morgan fingerprint density at radius 3 is 2.47 bits per heavy atom. The number of benzene rings is 2. The van der Waals surface area contributed by atoms with Gasteiger partial charge >= 0.3 is 0 Å². The average Bonchev–Trinajstić information content (AvgIpc) is 3.44. The summed E-state index contributed by atoms with van der Waals surface area (Å²) in [7, 11) is 4.03. The molecule has 0 radical (unpaired) electrons. The van der Waals surface area contributed by atoms with Crippen LogP contribution in [-0.4, -0.2) is 24.2 Å². The van der Waals surface area contributed by atoms with Crippen molar-refractivity contribution in [1.82, 2.24) is 10.3 Å². The summed E-state index contributed by atoms with van der Waals surface area (Å²) >= 11 is 18.3. The monoisotopic (exact) mass is 508 g/mol. The van der Waals surface area contributed by atoms with Crippen LogP contribution in [0.1, 0.15) is 23.5 Å². The maximum atomic E-state index is 6.44. The van der Waals surface area contributed by atoms with Crippen molar-refractivity contribution in [2.45, 2.75) is 12.1 Å². The number of anilines is 2. The van der Waals surface area contributed by atoms with Gasteiger partial charge < -0.3 is 19.5 Å². The van der Waals surface area contributed by atoms with Crippen LogP contribution >= 0.6 is 35.4 Å². The molecule has 1 N–H and O–H groups in total. The van der Waals surface area contributed by atoms with Crippen molar-refractivity contribution >= 4 is 51.9 Å². The number of rotatable bonds is 5. The Balaban J connectivity index is 1.58. The van der Waals surface area contributed by atoms with E-state index in [1.807, 2.05) is 50.5 Å². The van der Waals surface area contributed by atoms with Crippen LogP contribution in [0.4, 0.5) is 11.4 Å². The van der Waals surface area contributed by atoms with E-state index < -0.39 is 0 Å². The van der Waals surface area contributed by atoms with E-state index >= 15 is 0 Å². The van der Waals surface area contributed by atoms with Crippen molar-refractivity contribution in [3.63, 3.8) is 0 Å². The fraction of sp³-hybridized carbons (Fsp3) is 0.154. The first-order chi connectivity index (χ1) is 16.4. The summed E-state index contributed by atoms with van der Waals surface area (Å²) in [4.78, 5) is 8.74. The molecule has 2 atom stereocenters. The van der Waals surface area contributed by atoms with E-state index in [-0.39, 0.29) is 12.1 Å². The van der Waals surface area contributed by atoms with Crippen molar-refractivity contribution < 1.29 is 4.42 Å². The minimum absolute atomic E-state index is 0.193. The highest BCUT2D eigenvalue weighted by Crippen LogP contribution is 2.43. The number of hydrogen-bond acceptors (Lipinski definition) is 4. The Labute approximate surface area is 213 Å². The molecule has 5 nitrogen and oxygen atoms in total. The molecule has 0 unspecified atom stereocenters. The molecule has 8 heteroatoms. The van der Waals surface area contributed by atoms with E-state index in [1.54, 1.807) is 18.3 Å². The van der Waals surface area contributed by atoms with Gasteiger partial charge in [-0.25, -0.2) is 0 Å². The minimum Gasteiger partial charge on any atom is -0.459 e. The molecule has 1 aliphatic heterocycles. The molecule has 4 aromatic rings. The molecule has 2 aromatic carbocycles. The molecule has 172 valence electrons. The summed E-state index contributed by atoms with van der Waals surface area (Å²) in [5, 5.41) is 5.18. The Hall–Kier alpha value is -3.06. The Bertz CT molecular complexity index is 1320. The van der Waals surface area contributed by atoms with Crippen LogP contribution in [-0.2, 0) is 0 Å². The molecule has 0 aliphatic carbocycles. The first-order valence-electron chi connectivity index (χ1n) is 10.8. The van der Waals surface area contributed by atoms with Gasteiger partial charge in [-0.2, -0.15) is 0 Å². The molecule has 0 spiro atoms. The average molecular weight is 509 g/mol. The van der Waals surface area contributed by atoms with Gasteiger partial charge in [0.05, 0.1) is 16.8 Å². The van der Waals surface area contributed by atoms with Gasteiger partial charge in [-0.3, -0.25) is 4.98 Å². The van der Waals surface area contributed by atoms with E-state index in [2.05, 4.69) is 44.4 Å². The maximum absolute atomic E-state index is 6.44. The van der Waals surface area contributed by atoms with E-state index in [9.17, 15) is 0 Å². The highest BCUT2D eigenvalue weighted by atomic mass is 35.5. The van der Waals surface area contributed by atoms with Gasteiger partial charge in [-0.1, -0.05) is 29.3 Å². The minimum atomic E-state index is -0.243. The fourth-order valence-electron chi connectivity index (χ4n) is 4.18. The lowest BCUT2D eigenvalue weighted by Gasteiger charge is -2.26. The molecule has 5 rings (SSSR count). The van der Waals surface area contributed by atoms with Crippen molar-refractivity contribution in [3.8, 4) is 11.3 Å². The van der Waals surface area contributed by atoms with E-state index in [4.69, 9.17) is 39.8 Å². The molecule has 3 heterocycles. The lowest BCUT2D eigenvalue weighted by molar-refractivity contribution is 0.439. The number of aromatic nitrogens is 1. The summed E-state index contributed by atoms with van der Waals surface area (Å²) < 4.78 is 6.38. The zero-order valence-electron chi connectivity index (χ0n) is 18.6. The molecule has 34 heavy (non-hydrogen) atoms. The van der Waals surface area contributed by atoms with Gasteiger partial charge in [0.2, 0.25) is 0 Å². The number of hydrogen-bond donors (Lipinski definition) is 1. The van der Waals surface area contributed by atoms with Gasteiger partial charge in [0, 0.05) is 42.3 Å². The third-order valence-corrected chi connectivity index (χ3v) is 6.72. The standard InChI is InChI=1S/C26H22Cl2N4OS/c1-31(2)17-7-9-18(10-8-17)32-25(24(30-26(32)34)21-5-3-4-14-29-21)23-13-12-22(33-23)19-11-6-16(27)15-20(19)28/h3-15,24-25H,1-2H3,(H,30,34)/t24-,25+/m1/s1. The number of furan rings is 1. The second kappa shape index (κ2) is 9.29. The van der Waals surface area contributed by atoms with Crippen LogP contribution in [0.15, 0.2) is 83.4 Å². The maximum Gasteiger partial charge on any atom is 0.174 e. The largest absolute Gasteiger partial charge is 0.459 e. The van der Waals surface area contributed by atoms with Crippen molar-refractivity contribution in [2.75, 3.05) is 23.9 Å². The van der Waals surface area contributed by atoms with Crippen molar-refractivity contribution in [1.29, 1.82) is 0 Å².